The molecule has 3 aromatic carbocycles. The molecule has 2 aromatic heterocycles. The van der Waals surface area contributed by atoms with E-state index in [0.717, 1.165) is 75.8 Å². The number of hydrogen-bond donors (Lipinski definition) is 4. The number of hydrogen-bond acceptors (Lipinski definition) is 12. The lowest BCUT2D eigenvalue weighted by molar-refractivity contribution is -0.137. The number of thiophene rings is 1. The fourth-order valence-electron chi connectivity index (χ4n) is 8.40. The standard InChI is InChI=1S/C47H51ClN10O6S/c1-27-28(2)65-47-42(27)43(30-12-14-31(48)15-13-30)51-36(44-54-53-29(3)58(44)47)24-40(60)49-22-7-5-6-8-23-50-41(61)26-64-33-18-16-32(17-19-33)55-56(4)37-11-9-10-34-35(37)25-57(46(34)63)38-20-21-39(59)52-45(38)62/h9-19,36,38,55H,5-8,20-26H2,1-4H3,(H,49,60)(H,50,61)(H,52,59,62)/t36-,38?/m0/s1. The molecule has 0 radical (unpaired) electrons. The lowest BCUT2D eigenvalue weighted by Crippen LogP contribution is -2.52. The third kappa shape index (κ3) is 9.90. The van der Waals surface area contributed by atoms with Crippen LogP contribution in [-0.2, 0) is 25.7 Å². The molecule has 4 N–H and O–H groups in total. The average Bonchev–Trinajstić information content (AvgIpc) is 3.90. The Morgan fingerprint density at radius 2 is 1.65 bits per heavy atom. The van der Waals surface area contributed by atoms with E-state index in [4.69, 9.17) is 21.3 Å². The maximum absolute atomic E-state index is 13.3. The van der Waals surface area contributed by atoms with E-state index in [1.54, 1.807) is 35.6 Å². The summed E-state index contributed by atoms with van der Waals surface area (Å²) in [5, 5.41) is 20.6. The summed E-state index contributed by atoms with van der Waals surface area (Å²) in [6, 6.07) is 19.0. The van der Waals surface area contributed by atoms with Gasteiger partial charge in [-0.15, -0.1) is 21.5 Å². The van der Waals surface area contributed by atoms with Crippen LogP contribution < -0.4 is 31.1 Å². The van der Waals surface area contributed by atoms with Gasteiger partial charge in [0.1, 0.15) is 28.7 Å². The second kappa shape index (κ2) is 19.7. The van der Waals surface area contributed by atoms with Crippen LogP contribution in [0.25, 0.3) is 5.00 Å². The Hall–Kier alpha value is -6.59. The molecule has 8 rings (SSSR count). The smallest absolute Gasteiger partial charge is 0.257 e. The zero-order valence-electron chi connectivity index (χ0n) is 36.7. The van der Waals surface area contributed by atoms with Crippen LogP contribution in [-0.4, -0.2) is 87.7 Å². The van der Waals surface area contributed by atoms with Crippen LogP contribution in [0, 0.1) is 20.8 Å². The highest BCUT2D eigenvalue weighted by molar-refractivity contribution is 7.15. The molecule has 1 fully saturated rings. The number of nitrogens with one attached hydrogen (secondary N) is 4. The quantitative estimate of drug-likeness (QED) is 0.0469. The lowest BCUT2D eigenvalue weighted by Gasteiger charge is -2.29. The number of anilines is 2. The maximum Gasteiger partial charge on any atom is 0.257 e. The summed E-state index contributed by atoms with van der Waals surface area (Å²) < 4.78 is 7.77. The molecule has 0 spiro atoms. The number of unbranched alkanes of at least 4 members (excludes halogenated alkanes) is 3. The number of carbonyl (C=O) groups is 5. The molecule has 338 valence electrons. The Labute approximate surface area is 385 Å². The first-order valence-corrected chi connectivity index (χ1v) is 22.9. The lowest BCUT2D eigenvalue weighted by atomic mass is 9.99. The number of benzene rings is 3. The molecule has 5 heterocycles. The fraction of sp³-hybridized carbons (Fsp3) is 0.362. The summed E-state index contributed by atoms with van der Waals surface area (Å²) in [5.41, 5.74) is 10.0. The molecule has 0 aliphatic carbocycles. The molecule has 16 nitrogen and oxygen atoms in total. The summed E-state index contributed by atoms with van der Waals surface area (Å²) in [5.74, 6) is 0.586. The van der Waals surface area contributed by atoms with Gasteiger partial charge in [0.25, 0.3) is 11.8 Å². The van der Waals surface area contributed by atoms with Crippen molar-refractivity contribution in [2.75, 3.05) is 37.2 Å². The summed E-state index contributed by atoms with van der Waals surface area (Å²) in [4.78, 5) is 71.2. The van der Waals surface area contributed by atoms with Crippen LogP contribution in [0.4, 0.5) is 11.4 Å². The number of piperidine rings is 1. The Morgan fingerprint density at radius 1 is 0.923 bits per heavy atom. The number of aryl methyl sites for hydroxylation is 2. The van der Waals surface area contributed by atoms with E-state index in [2.05, 4.69) is 45.4 Å². The molecule has 1 saturated heterocycles. The minimum absolute atomic E-state index is 0.111. The van der Waals surface area contributed by atoms with Gasteiger partial charge in [0, 0.05) is 65.3 Å². The number of fused-ring (bicyclic) bond motifs is 4. The molecule has 0 bridgehead atoms. The first-order valence-electron chi connectivity index (χ1n) is 21.8. The topological polar surface area (TPSA) is 192 Å². The average molecular weight is 920 g/mol. The van der Waals surface area contributed by atoms with Crippen LogP contribution in [0.3, 0.4) is 0 Å². The van der Waals surface area contributed by atoms with Gasteiger partial charge in [0.05, 0.1) is 23.5 Å². The summed E-state index contributed by atoms with van der Waals surface area (Å²) in [6.45, 7) is 7.30. The van der Waals surface area contributed by atoms with Crippen LogP contribution in [0.2, 0.25) is 5.02 Å². The highest BCUT2D eigenvalue weighted by Crippen LogP contribution is 2.40. The van der Waals surface area contributed by atoms with Crippen LogP contribution in [0.5, 0.6) is 5.75 Å². The number of nitrogens with zero attached hydrogens (tertiary/aromatic N) is 6. The van der Waals surface area contributed by atoms with Gasteiger partial charge in [0.15, 0.2) is 12.4 Å². The number of aliphatic imine (C=N–C) groups is 1. The van der Waals surface area contributed by atoms with Gasteiger partial charge in [-0.3, -0.25) is 49.3 Å². The van der Waals surface area contributed by atoms with Gasteiger partial charge in [-0.25, -0.2) is 0 Å². The third-order valence-corrected chi connectivity index (χ3v) is 13.4. The molecule has 65 heavy (non-hydrogen) atoms. The monoisotopic (exact) mass is 918 g/mol. The summed E-state index contributed by atoms with van der Waals surface area (Å²) >= 11 is 7.91. The Kier molecular flexibility index (Phi) is 13.6. The molecule has 0 saturated carbocycles. The largest absolute Gasteiger partial charge is 0.484 e. The van der Waals surface area contributed by atoms with Gasteiger partial charge in [-0.2, -0.15) is 0 Å². The highest BCUT2D eigenvalue weighted by Gasteiger charge is 2.40. The highest BCUT2D eigenvalue weighted by atomic mass is 35.5. The molecule has 2 atom stereocenters. The van der Waals surface area contributed by atoms with Crippen molar-refractivity contribution in [3.05, 3.63) is 116 Å². The van der Waals surface area contributed by atoms with E-state index < -0.39 is 18.0 Å². The molecule has 18 heteroatoms. The predicted molar refractivity (Wildman–Crippen MR) is 249 cm³/mol. The van der Waals surface area contributed by atoms with Crippen LogP contribution >= 0.6 is 22.9 Å². The zero-order chi connectivity index (χ0) is 45.8. The van der Waals surface area contributed by atoms with E-state index in [1.165, 1.54) is 9.78 Å². The third-order valence-electron chi connectivity index (χ3n) is 11.9. The first-order chi connectivity index (χ1) is 31.4. The van der Waals surface area contributed by atoms with Crippen LogP contribution in [0.1, 0.15) is 100 Å². The van der Waals surface area contributed by atoms with E-state index in [1.807, 2.05) is 66.0 Å². The molecule has 3 aliphatic heterocycles. The second-order valence-corrected chi connectivity index (χ2v) is 18.0. The SMILES string of the molecule is Cc1sc2c(c1C)C(c1ccc(Cl)cc1)=N[C@@H](CC(=O)NCCCCCCNC(=O)COc1ccc(NN(C)c3cccc4c3CN(C3CCC(=O)NC3=O)C4=O)cc1)c1nnc(C)n1-2. The van der Waals surface area contributed by atoms with Crippen molar-refractivity contribution >= 4 is 69.6 Å². The maximum atomic E-state index is 13.3. The van der Waals surface area contributed by atoms with Gasteiger partial charge in [0.2, 0.25) is 17.7 Å². The Balaban J connectivity index is 0.738. The first kappa shape index (κ1) is 45.0. The van der Waals surface area contributed by atoms with Gasteiger partial charge in [-0.05, 0) is 94.1 Å². The number of ether oxygens (including phenoxy) is 1. The number of imide groups is 1. The van der Waals surface area contributed by atoms with Crippen molar-refractivity contribution < 1.29 is 28.7 Å². The van der Waals surface area contributed by atoms with E-state index in [0.29, 0.717) is 41.7 Å². The Morgan fingerprint density at radius 3 is 2.37 bits per heavy atom. The zero-order valence-corrected chi connectivity index (χ0v) is 38.3. The second-order valence-electron chi connectivity index (χ2n) is 16.4. The number of rotatable bonds is 17. The van der Waals surface area contributed by atoms with E-state index in [-0.39, 0.29) is 49.6 Å². The van der Waals surface area contributed by atoms with E-state index in [9.17, 15) is 24.0 Å². The van der Waals surface area contributed by atoms with Crippen LogP contribution in [0.15, 0.2) is 71.7 Å². The summed E-state index contributed by atoms with van der Waals surface area (Å²) in [6.07, 6.45) is 4.00. The molecular formula is C47H51ClN10O6S. The molecule has 3 aliphatic rings. The van der Waals surface area contributed by atoms with Crippen molar-refractivity contribution in [3.8, 4) is 10.8 Å². The van der Waals surface area contributed by atoms with Crippen molar-refractivity contribution in [1.29, 1.82) is 0 Å². The molecule has 5 amide bonds. The van der Waals surface area contributed by atoms with Gasteiger partial charge >= 0.3 is 0 Å². The van der Waals surface area contributed by atoms with Crippen molar-refractivity contribution in [3.63, 3.8) is 0 Å². The number of hydrazine groups is 1. The number of amides is 5. The van der Waals surface area contributed by atoms with Gasteiger partial charge in [-0.1, -0.05) is 42.6 Å². The molecule has 5 aromatic rings. The minimum Gasteiger partial charge on any atom is -0.484 e. The van der Waals surface area contributed by atoms with E-state index >= 15 is 0 Å². The van der Waals surface area contributed by atoms with Crippen molar-refractivity contribution in [2.24, 2.45) is 4.99 Å². The number of carbonyl (C=O) groups excluding carboxylic acids is 5. The minimum atomic E-state index is -0.690. The number of halogens is 1. The normalized spacial score (nSPS) is 16.5. The predicted octanol–water partition coefficient (Wildman–Crippen LogP) is 6.29. The molecule has 1 unspecified atom stereocenters. The molecular weight excluding hydrogens is 868 g/mol. The van der Waals surface area contributed by atoms with Crippen molar-refractivity contribution in [1.82, 2.24) is 35.6 Å². The Bertz CT molecular complexity index is 2660. The van der Waals surface area contributed by atoms with Gasteiger partial charge < -0.3 is 20.3 Å². The van der Waals surface area contributed by atoms with Crippen molar-refractivity contribution in [2.45, 2.75) is 84.3 Å². The fourth-order valence-corrected chi connectivity index (χ4v) is 9.74. The number of aromatic nitrogens is 3. The summed E-state index contributed by atoms with van der Waals surface area (Å²) in [7, 11) is 1.84.